The van der Waals surface area contributed by atoms with Gasteiger partial charge in [0.25, 0.3) is 0 Å². The number of nitrogens with one attached hydrogen (secondary N) is 3. The summed E-state index contributed by atoms with van der Waals surface area (Å²) in [5.41, 5.74) is 5.93. The number of ether oxygens (including phenoxy) is 2. The lowest BCUT2D eigenvalue weighted by molar-refractivity contribution is -0.121. The van der Waals surface area contributed by atoms with Gasteiger partial charge in [-0.25, -0.2) is 4.39 Å². The average molecular weight is 807 g/mol. The van der Waals surface area contributed by atoms with Gasteiger partial charge in [-0.3, -0.25) is 4.79 Å². The molecule has 1 amide bonds. The molecule has 4 aromatic rings. The van der Waals surface area contributed by atoms with E-state index in [1.807, 2.05) is 0 Å². The summed E-state index contributed by atoms with van der Waals surface area (Å²) in [5.74, 6) is 1.36. The number of fused-ring (bicyclic) bond motifs is 1. The van der Waals surface area contributed by atoms with Crippen LogP contribution in [0.2, 0.25) is 0 Å². The molecule has 0 spiro atoms. The summed E-state index contributed by atoms with van der Waals surface area (Å²) in [5, 5.41) is 11.0. The van der Waals surface area contributed by atoms with Crippen LogP contribution in [0.4, 0.5) is 4.39 Å². The molecule has 2 aliphatic rings. The van der Waals surface area contributed by atoms with Gasteiger partial charge in [0.2, 0.25) is 5.91 Å². The molecule has 4 aromatic carbocycles. The third kappa shape index (κ3) is 11.5. The van der Waals surface area contributed by atoms with E-state index in [1.54, 1.807) is 26.4 Å². The molecule has 1 aliphatic carbocycles. The fourth-order valence-electron chi connectivity index (χ4n) is 8.84. The fraction of sp³-hybridized carbons (Fsp3) is 0.468. The maximum atomic E-state index is 13.4. The number of halogens is 3. The normalized spacial score (nSPS) is 16.4. The monoisotopic (exact) mass is 805 g/mol. The lowest BCUT2D eigenvalue weighted by Gasteiger charge is -2.43. The molecule has 56 heavy (non-hydrogen) atoms. The summed E-state index contributed by atoms with van der Waals surface area (Å²) in [6, 6.07) is 33.5. The zero-order chi connectivity index (χ0) is 37.6. The van der Waals surface area contributed by atoms with E-state index < -0.39 is 0 Å². The number of benzene rings is 4. The van der Waals surface area contributed by atoms with Crippen molar-refractivity contribution >= 4 is 30.7 Å². The second-order valence-corrected chi connectivity index (χ2v) is 15.4. The fourth-order valence-corrected chi connectivity index (χ4v) is 8.84. The first-order valence-corrected chi connectivity index (χ1v) is 20.3. The number of rotatable bonds is 21. The Morgan fingerprint density at radius 2 is 1.43 bits per heavy atom. The van der Waals surface area contributed by atoms with E-state index in [0.29, 0.717) is 25.4 Å². The molecule has 0 radical (unpaired) electrons. The first-order chi connectivity index (χ1) is 26.4. The Kier molecular flexibility index (Phi) is 18.0. The molecule has 0 saturated heterocycles. The van der Waals surface area contributed by atoms with Crippen molar-refractivity contribution in [3.8, 4) is 11.5 Å². The molecule has 1 fully saturated rings. The van der Waals surface area contributed by atoms with Crippen LogP contribution in [0.25, 0.3) is 0 Å². The summed E-state index contributed by atoms with van der Waals surface area (Å²) >= 11 is 0. The van der Waals surface area contributed by atoms with E-state index in [-0.39, 0.29) is 47.5 Å². The average Bonchev–Trinajstić information content (AvgIpc) is 3.19. The van der Waals surface area contributed by atoms with Crippen molar-refractivity contribution in [2.75, 3.05) is 33.9 Å². The number of unbranched alkanes of at least 4 members (excludes halogenated alkanes) is 1. The van der Waals surface area contributed by atoms with Gasteiger partial charge in [0.05, 0.1) is 14.2 Å². The van der Waals surface area contributed by atoms with Gasteiger partial charge >= 0.3 is 0 Å². The van der Waals surface area contributed by atoms with Crippen LogP contribution in [-0.4, -0.2) is 45.8 Å². The highest BCUT2D eigenvalue weighted by molar-refractivity contribution is 5.85. The molecular weight excluding hydrogens is 744 g/mol. The number of aryl methyl sites for hydroxylation is 1. The minimum absolute atomic E-state index is 0. The Labute approximate surface area is 346 Å². The number of methoxy groups -OCH3 is 2. The molecule has 1 heterocycles. The molecule has 304 valence electrons. The van der Waals surface area contributed by atoms with Gasteiger partial charge in [0, 0.05) is 36.5 Å². The highest BCUT2D eigenvalue weighted by Gasteiger charge is 2.39. The Morgan fingerprint density at radius 1 is 0.804 bits per heavy atom. The molecule has 3 N–H and O–H groups in total. The van der Waals surface area contributed by atoms with Crippen molar-refractivity contribution in [1.29, 1.82) is 0 Å². The molecule has 0 aromatic heterocycles. The largest absolute Gasteiger partial charge is 0.493 e. The third-order valence-corrected chi connectivity index (χ3v) is 12.1. The van der Waals surface area contributed by atoms with Gasteiger partial charge in [-0.05, 0) is 123 Å². The zero-order valence-electron chi connectivity index (χ0n) is 33.3. The van der Waals surface area contributed by atoms with Crippen molar-refractivity contribution in [2.24, 2.45) is 0 Å². The number of carbonyl (C=O) groups excluding carboxylic acids is 1. The van der Waals surface area contributed by atoms with E-state index in [1.165, 1.54) is 53.6 Å². The number of hydrogen-bond donors (Lipinski definition) is 3. The summed E-state index contributed by atoms with van der Waals surface area (Å²) < 4.78 is 25.0. The molecule has 9 heteroatoms. The molecule has 1 unspecified atom stereocenters. The lowest BCUT2D eigenvalue weighted by atomic mass is 9.66. The zero-order valence-corrected chi connectivity index (χ0v) is 34.9. The van der Waals surface area contributed by atoms with Crippen molar-refractivity contribution in [3.05, 3.63) is 131 Å². The van der Waals surface area contributed by atoms with Crippen molar-refractivity contribution in [2.45, 2.75) is 107 Å². The summed E-state index contributed by atoms with van der Waals surface area (Å²) in [4.78, 5) is 12.9. The summed E-state index contributed by atoms with van der Waals surface area (Å²) in [6.07, 6.45) is 14.1. The van der Waals surface area contributed by atoms with E-state index >= 15 is 0 Å². The molecular formula is C47H62Cl2FN3O3. The minimum Gasteiger partial charge on any atom is -0.493 e. The van der Waals surface area contributed by atoms with Gasteiger partial charge in [0.1, 0.15) is 5.82 Å². The van der Waals surface area contributed by atoms with Crippen LogP contribution in [0.5, 0.6) is 11.5 Å². The SMILES string of the molecule is COc1cc2c(cc1OC)C(CCCCNC1CCC1)(CCCC(CCCNC(=O)CCc1ccc(F)cc1)(c1ccccc1)c1ccccc1)NCC2.Cl.Cl. The van der Waals surface area contributed by atoms with E-state index in [4.69, 9.17) is 9.47 Å². The van der Waals surface area contributed by atoms with Gasteiger partial charge in [-0.1, -0.05) is 92.1 Å². The highest BCUT2D eigenvalue weighted by atomic mass is 35.5. The summed E-state index contributed by atoms with van der Waals surface area (Å²) in [6.45, 7) is 2.62. The molecule has 0 bridgehead atoms. The van der Waals surface area contributed by atoms with Gasteiger partial charge < -0.3 is 25.4 Å². The van der Waals surface area contributed by atoms with Crippen LogP contribution in [0.1, 0.15) is 105 Å². The van der Waals surface area contributed by atoms with Crippen LogP contribution in [0.15, 0.2) is 97.1 Å². The number of hydrogen-bond acceptors (Lipinski definition) is 5. The smallest absolute Gasteiger partial charge is 0.220 e. The molecule has 6 rings (SSSR count). The Bertz CT molecular complexity index is 1720. The molecule has 1 saturated carbocycles. The molecule has 6 nitrogen and oxygen atoms in total. The van der Waals surface area contributed by atoms with E-state index in [2.05, 4.69) is 88.7 Å². The Hall–Kier alpha value is -3.62. The van der Waals surface area contributed by atoms with Gasteiger partial charge in [0.15, 0.2) is 11.5 Å². The van der Waals surface area contributed by atoms with Gasteiger partial charge in [-0.2, -0.15) is 0 Å². The van der Waals surface area contributed by atoms with Crippen LogP contribution in [-0.2, 0) is 28.6 Å². The van der Waals surface area contributed by atoms with Crippen molar-refractivity contribution in [3.63, 3.8) is 0 Å². The minimum atomic E-state index is -0.258. The third-order valence-electron chi connectivity index (χ3n) is 12.1. The summed E-state index contributed by atoms with van der Waals surface area (Å²) in [7, 11) is 3.45. The van der Waals surface area contributed by atoms with Crippen molar-refractivity contribution < 1.29 is 18.7 Å². The van der Waals surface area contributed by atoms with Gasteiger partial charge in [-0.15, -0.1) is 24.8 Å². The Morgan fingerprint density at radius 3 is 2.05 bits per heavy atom. The van der Waals surface area contributed by atoms with Crippen LogP contribution >= 0.6 is 24.8 Å². The lowest BCUT2D eigenvalue weighted by Crippen LogP contribution is -2.47. The maximum absolute atomic E-state index is 13.4. The molecule has 1 atom stereocenters. The quantitative estimate of drug-likeness (QED) is 0.0732. The first kappa shape index (κ1) is 45.1. The maximum Gasteiger partial charge on any atom is 0.220 e. The number of carbonyl (C=O) groups is 1. The predicted octanol–water partition coefficient (Wildman–Crippen LogP) is 10.0. The van der Waals surface area contributed by atoms with Crippen molar-refractivity contribution in [1.82, 2.24) is 16.0 Å². The first-order valence-electron chi connectivity index (χ1n) is 20.3. The number of amides is 1. The standard InChI is InChI=1S/C47H60FN3O3.2ClH/c1-53-43-34-37-26-33-51-47(42(37)35-44(43)54-2,29-9-10-31-49-41-18-11-19-41)30-12-27-46(38-14-5-3-6-15-38,39-16-7-4-8-17-39)28-13-32-50-45(52)25-22-36-20-23-40(48)24-21-36;;/h3-8,14-17,20-21,23-24,34-35,41,49,51H,9-13,18-19,22,25-33H2,1-2H3,(H,50,52);2*1H. The van der Waals surface area contributed by atoms with E-state index in [0.717, 1.165) is 87.9 Å². The van der Waals surface area contributed by atoms with Crippen LogP contribution in [0.3, 0.4) is 0 Å². The second-order valence-electron chi connectivity index (χ2n) is 15.4. The Balaban J connectivity index is 0.00000348. The molecule has 1 aliphatic heterocycles. The topological polar surface area (TPSA) is 71.6 Å². The van der Waals surface area contributed by atoms with Crippen LogP contribution in [0, 0.1) is 5.82 Å². The van der Waals surface area contributed by atoms with Crippen LogP contribution < -0.4 is 25.4 Å². The highest BCUT2D eigenvalue weighted by Crippen LogP contribution is 2.46. The van der Waals surface area contributed by atoms with E-state index in [9.17, 15) is 9.18 Å². The predicted molar refractivity (Wildman–Crippen MR) is 231 cm³/mol. The second kappa shape index (κ2) is 22.4.